The number of carbonyl (C=O) groups is 1. The van der Waals surface area contributed by atoms with Crippen LogP contribution in [0.3, 0.4) is 0 Å². The Morgan fingerprint density at radius 1 is 1.35 bits per heavy atom. The second-order valence-corrected chi connectivity index (χ2v) is 6.16. The molecule has 1 saturated heterocycles. The van der Waals surface area contributed by atoms with Gasteiger partial charge in [0.05, 0.1) is 11.0 Å². The van der Waals surface area contributed by atoms with Crippen LogP contribution in [0, 0.1) is 6.92 Å². The van der Waals surface area contributed by atoms with Crippen LogP contribution in [0.15, 0.2) is 30.5 Å². The van der Waals surface area contributed by atoms with Crippen molar-refractivity contribution < 1.29 is 4.79 Å². The third-order valence-corrected chi connectivity index (χ3v) is 4.52. The Bertz CT molecular complexity index is 836. The van der Waals surface area contributed by atoms with E-state index in [0.717, 1.165) is 48.5 Å². The van der Waals surface area contributed by atoms with Gasteiger partial charge in [-0.1, -0.05) is 0 Å². The molecule has 1 aromatic carbocycles. The molecule has 118 valence electrons. The second-order valence-electron chi connectivity index (χ2n) is 6.16. The van der Waals surface area contributed by atoms with E-state index in [0.29, 0.717) is 11.5 Å². The van der Waals surface area contributed by atoms with Crippen molar-refractivity contribution in [2.75, 3.05) is 13.1 Å². The zero-order chi connectivity index (χ0) is 15.8. The van der Waals surface area contributed by atoms with Crippen molar-refractivity contribution in [1.29, 1.82) is 0 Å². The largest absolute Gasteiger partial charge is 0.342 e. The second kappa shape index (κ2) is 5.53. The SMILES string of the molecule is Cc1nc2ccc(C(=O)N3CCC[C@@H](c4ccn[nH]4)C3)cc2[nH]1. The van der Waals surface area contributed by atoms with Crippen LogP contribution in [-0.2, 0) is 0 Å². The lowest BCUT2D eigenvalue weighted by Crippen LogP contribution is -2.39. The molecule has 0 radical (unpaired) electrons. The lowest BCUT2D eigenvalue weighted by atomic mass is 9.94. The number of benzene rings is 1. The lowest BCUT2D eigenvalue weighted by Gasteiger charge is -2.32. The first kappa shape index (κ1) is 14.0. The van der Waals surface area contributed by atoms with E-state index in [1.165, 1.54) is 0 Å². The van der Waals surface area contributed by atoms with Crippen LogP contribution in [0.2, 0.25) is 0 Å². The zero-order valence-electron chi connectivity index (χ0n) is 13.0. The molecule has 6 heteroatoms. The summed E-state index contributed by atoms with van der Waals surface area (Å²) in [5.41, 5.74) is 3.64. The summed E-state index contributed by atoms with van der Waals surface area (Å²) in [6, 6.07) is 7.67. The summed E-state index contributed by atoms with van der Waals surface area (Å²) in [6.45, 7) is 3.46. The van der Waals surface area contributed by atoms with Crippen LogP contribution in [0.5, 0.6) is 0 Å². The maximum atomic E-state index is 12.8. The van der Waals surface area contributed by atoms with Gasteiger partial charge in [-0.25, -0.2) is 4.98 Å². The van der Waals surface area contributed by atoms with Crippen molar-refractivity contribution >= 4 is 16.9 Å². The summed E-state index contributed by atoms with van der Waals surface area (Å²) in [5, 5.41) is 7.05. The van der Waals surface area contributed by atoms with Crippen molar-refractivity contribution in [1.82, 2.24) is 25.1 Å². The molecule has 3 aromatic rings. The van der Waals surface area contributed by atoms with Gasteiger partial charge in [-0.3, -0.25) is 9.89 Å². The van der Waals surface area contributed by atoms with Gasteiger partial charge >= 0.3 is 0 Å². The van der Waals surface area contributed by atoms with Crippen molar-refractivity contribution in [2.45, 2.75) is 25.7 Å². The van der Waals surface area contributed by atoms with Crippen molar-refractivity contribution in [2.24, 2.45) is 0 Å². The fourth-order valence-electron chi connectivity index (χ4n) is 3.36. The molecule has 4 rings (SSSR count). The average molecular weight is 309 g/mol. The highest BCUT2D eigenvalue weighted by molar-refractivity contribution is 5.97. The van der Waals surface area contributed by atoms with Gasteiger partial charge in [0.2, 0.25) is 0 Å². The average Bonchev–Trinajstić information content (AvgIpc) is 3.22. The van der Waals surface area contributed by atoms with Crippen LogP contribution < -0.4 is 0 Å². The molecule has 0 bridgehead atoms. The molecule has 0 saturated carbocycles. The Labute approximate surface area is 133 Å². The molecular formula is C17H19N5O. The molecule has 2 N–H and O–H groups in total. The van der Waals surface area contributed by atoms with Crippen LogP contribution in [0.1, 0.15) is 40.6 Å². The van der Waals surface area contributed by atoms with Crippen LogP contribution in [0.4, 0.5) is 0 Å². The quantitative estimate of drug-likeness (QED) is 0.764. The number of aromatic amines is 2. The van der Waals surface area contributed by atoms with Gasteiger partial charge in [-0.05, 0) is 44.0 Å². The molecule has 6 nitrogen and oxygen atoms in total. The van der Waals surface area contributed by atoms with Gasteiger partial charge in [-0.2, -0.15) is 5.10 Å². The molecule has 0 unspecified atom stereocenters. The summed E-state index contributed by atoms with van der Waals surface area (Å²) in [4.78, 5) is 22.3. The first-order valence-corrected chi connectivity index (χ1v) is 7.95. The molecule has 1 aliphatic heterocycles. The first-order chi connectivity index (χ1) is 11.2. The van der Waals surface area contributed by atoms with E-state index < -0.39 is 0 Å². The fourth-order valence-corrected chi connectivity index (χ4v) is 3.36. The molecular weight excluding hydrogens is 290 g/mol. The molecule has 23 heavy (non-hydrogen) atoms. The van der Waals surface area contributed by atoms with Crippen LogP contribution >= 0.6 is 0 Å². The highest BCUT2D eigenvalue weighted by Crippen LogP contribution is 2.26. The number of nitrogens with zero attached hydrogens (tertiary/aromatic N) is 3. The number of hydrogen-bond donors (Lipinski definition) is 2. The number of aryl methyl sites for hydroxylation is 1. The topological polar surface area (TPSA) is 77.7 Å². The number of hydrogen-bond acceptors (Lipinski definition) is 3. The first-order valence-electron chi connectivity index (χ1n) is 7.95. The van der Waals surface area contributed by atoms with E-state index in [1.54, 1.807) is 6.20 Å². The normalized spacial score (nSPS) is 18.5. The Hall–Kier alpha value is -2.63. The van der Waals surface area contributed by atoms with E-state index in [-0.39, 0.29) is 5.91 Å². The number of nitrogens with one attached hydrogen (secondary N) is 2. The van der Waals surface area contributed by atoms with E-state index >= 15 is 0 Å². The molecule has 2 aromatic heterocycles. The van der Waals surface area contributed by atoms with Crippen molar-refractivity contribution in [3.8, 4) is 0 Å². The lowest BCUT2D eigenvalue weighted by molar-refractivity contribution is 0.0706. The van der Waals surface area contributed by atoms with Crippen LogP contribution in [-0.4, -0.2) is 44.1 Å². The number of fused-ring (bicyclic) bond motifs is 1. The number of carbonyl (C=O) groups excluding carboxylic acids is 1. The third-order valence-electron chi connectivity index (χ3n) is 4.52. The zero-order valence-corrected chi connectivity index (χ0v) is 13.0. The van der Waals surface area contributed by atoms with E-state index in [9.17, 15) is 4.79 Å². The minimum absolute atomic E-state index is 0.0865. The number of imidazole rings is 1. The molecule has 3 heterocycles. The summed E-state index contributed by atoms with van der Waals surface area (Å²) in [6.07, 6.45) is 3.87. The molecule has 0 spiro atoms. The molecule has 1 amide bonds. The maximum Gasteiger partial charge on any atom is 0.253 e. The number of aromatic nitrogens is 4. The minimum Gasteiger partial charge on any atom is -0.342 e. The van der Waals surface area contributed by atoms with Gasteiger partial charge < -0.3 is 9.88 Å². The number of piperidine rings is 1. The predicted octanol–water partition coefficient (Wildman–Crippen LogP) is 2.61. The van der Waals surface area contributed by atoms with Crippen LogP contribution in [0.25, 0.3) is 11.0 Å². The molecule has 0 aliphatic carbocycles. The number of amides is 1. The minimum atomic E-state index is 0.0865. The number of H-pyrrole nitrogens is 2. The maximum absolute atomic E-state index is 12.8. The Morgan fingerprint density at radius 3 is 3.09 bits per heavy atom. The van der Waals surface area contributed by atoms with E-state index in [1.807, 2.05) is 36.1 Å². The third kappa shape index (κ3) is 2.60. The summed E-state index contributed by atoms with van der Waals surface area (Å²) < 4.78 is 0. The van der Waals surface area contributed by atoms with Crippen molar-refractivity contribution in [3.05, 3.63) is 47.5 Å². The Balaban J connectivity index is 1.57. The van der Waals surface area contributed by atoms with Gasteiger partial charge in [0.25, 0.3) is 5.91 Å². The smallest absolute Gasteiger partial charge is 0.253 e. The molecule has 1 aliphatic rings. The van der Waals surface area contributed by atoms with Crippen molar-refractivity contribution in [3.63, 3.8) is 0 Å². The highest BCUT2D eigenvalue weighted by atomic mass is 16.2. The highest BCUT2D eigenvalue weighted by Gasteiger charge is 2.26. The van der Waals surface area contributed by atoms with E-state index in [4.69, 9.17) is 0 Å². The van der Waals surface area contributed by atoms with Gasteiger partial charge in [0.1, 0.15) is 5.82 Å². The summed E-state index contributed by atoms with van der Waals surface area (Å²) in [7, 11) is 0. The predicted molar refractivity (Wildman–Crippen MR) is 87.3 cm³/mol. The van der Waals surface area contributed by atoms with Gasteiger partial charge in [0.15, 0.2) is 0 Å². The fraction of sp³-hybridized carbons (Fsp3) is 0.353. The Kier molecular flexibility index (Phi) is 3.37. The number of rotatable bonds is 2. The summed E-state index contributed by atoms with van der Waals surface area (Å²) >= 11 is 0. The standard InChI is InChI=1S/C17H19N5O/c1-11-19-15-5-4-12(9-16(15)20-11)17(23)22-8-2-3-13(10-22)14-6-7-18-21-14/h4-7,9,13H,2-3,8,10H2,1H3,(H,18,21)(H,19,20)/t13-/m1/s1. The van der Waals surface area contributed by atoms with Gasteiger partial charge in [-0.15, -0.1) is 0 Å². The number of likely N-dealkylation sites (tertiary alicyclic amines) is 1. The molecule has 1 fully saturated rings. The Morgan fingerprint density at radius 2 is 2.26 bits per heavy atom. The van der Waals surface area contributed by atoms with Gasteiger partial charge in [0, 0.05) is 36.5 Å². The summed E-state index contributed by atoms with van der Waals surface area (Å²) in [5.74, 6) is 1.29. The molecule has 1 atom stereocenters. The monoisotopic (exact) mass is 309 g/mol. The van der Waals surface area contributed by atoms with E-state index in [2.05, 4.69) is 20.2 Å².